The third-order valence-corrected chi connectivity index (χ3v) is 3.47. The molecule has 0 atom stereocenters. The molecular formula is C16H21N3O2. The van der Waals surface area contributed by atoms with Gasteiger partial charge in [-0.3, -0.25) is 9.48 Å². The Balaban J connectivity index is 2.45. The van der Waals surface area contributed by atoms with Gasteiger partial charge in [0.05, 0.1) is 11.4 Å². The summed E-state index contributed by atoms with van der Waals surface area (Å²) in [5.74, 6) is 0.0516. The second-order valence-corrected chi connectivity index (χ2v) is 5.01. The van der Waals surface area contributed by atoms with Crippen molar-refractivity contribution in [3.63, 3.8) is 0 Å². The Morgan fingerprint density at radius 2 is 2.00 bits per heavy atom. The van der Waals surface area contributed by atoms with E-state index in [1.54, 1.807) is 27.8 Å². The fraction of sp³-hybridized carbons (Fsp3) is 0.375. The Kier molecular flexibility index (Phi) is 4.31. The van der Waals surface area contributed by atoms with Crippen LogP contribution in [0.3, 0.4) is 0 Å². The van der Waals surface area contributed by atoms with E-state index in [9.17, 15) is 9.90 Å². The first kappa shape index (κ1) is 15.1. The standard InChI is InChI=1S/C16H21N3O2/c1-5-18(14-10-13(20)8-7-11(14)3)16(21)15-9-12(4)17-19(15)6-2/h7-10,20H,5-6H2,1-4H3. The Labute approximate surface area is 124 Å². The summed E-state index contributed by atoms with van der Waals surface area (Å²) in [6, 6.07) is 6.85. The van der Waals surface area contributed by atoms with Crippen molar-refractivity contribution in [1.29, 1.82) is 0 Å². The molecule has 0 bridgehead atoms. The minimum Gasteiger partial charge on any atom is -0.508 e. The summed E-state index contributed by atoms with van der Waals surface area (Å²) in [4.78, 5) is 14.5. The number of aromatic nitrogens is 2. The quantitative estimate of drug-likeness (QED) is 0.940. The lowest BCUT2D eigenvalue weighted by atomic mass is 10.1. The van der Waals surface area contributed by atoms with Crippen LogP contribution in [0.5, 0.6) is 5.75 Å². The summed E-state index contributed by atoms with van der Waals surface area (Å²) in [6.07, 6.45) is 0. The zero-order chi connectivity index (χ0) is 15.6. The molecule has 0 radical (unpaired) electrons. The predicted molar refractivity (Wildman–Crippen MR) is 82.8 cm³/mol. The molecule has 5 nitrogen and oxygen atoms in total. The number of hydrogen-bond donors (Lipinski definition) is 1. The van der Waals surface area contributed by atoms with E-state index in [1.807, 2.05) is 33.8 Å². The minimum absolute atomic E-state index is 0.103. The Morgan fingerprint density at radius 3 is 2.62 bits per heavy atom. The van der Waals surface area contributed by atoms with Crippen LogP contribution in [-0.4, -0.2) is 27.3 Å². The van der Waals surface area contributed by atoms with Crippen LogP contribution < -0.4 is 4.90 Å². The van der Waals surface area contributed by atoms with E-state index in [0.717, 1.165) is 16.9 Å². The van der Waals surface area contributed by atoms with Gasteiger partial charge in [-0.05, 0) is 45.4 Å². The second kappa shape index (κ2) is 5.99. The third kappa shape index (κ3) is 2.91. The number of phenols is 1. The molecule has 0 saturated heterocycles. The van der Waals surface area contributed by atoms with Crippen molar-refractivity contribution in [1.82, 2.24) is 9.78 Å². The van der Waals surface area contributed by atoms with Gasteiger partial charge < -0.3 is 10.0 Å². The maximum absolute atomic E-state index is 12.8. The Hall–Kier alpha value is -2.30. The third-order valence-electron chi connectivity index (χ3n) is 3.47. The zero-order valence-electron chi connectivity index (χ0n) is 12.9. The van der Waals surface area contributed by atoms with Crippen LogP contribution in [0.1, 0.15) is 35.6 Å². The van der Waals surface area contributed by atoms with Gasteiger partial charge in [0.15, 0.2) is 0 Å². The zero-order valence-corrected chi connectivity index (χ0v) is 12.9. The van der Waals surface area contributed by atoms with Crippen LogP contribution in [0.4, 0.5) is 5.69 Å². The van der Waals surface area contributed by atoms with E-state index in [2.05, 4.69) is 5.10 Å². The maximum Gasteiger partial charge on any atom is 0.276 e. The molecule has 0 saturated carbocycles. The summed E-state index contributed by atoms with van der Waals surface area (Å²) < 4.78 is 1.71. The summed E-state index contributed by atoms with van der Waals surface area (Å²) in [7, 11) is 0. The molecule has 2 rings (SSSR count). The van der Waals surface area contributed by atoms with E-state index in [0.29, 0.717) is 18.8 Å². The van der Waals surface area contributed by atoms with Crippen LogP contribution in [0.2, 0.25) is 0 Å². The smallest absolute Gasteiger partial charge is 0.276 e. The van der Waals surface area contributed by atoms with Gasteiger partial charge in [0.1, 0.15) is 11.4 Å². The van der Waals surface area contributed by atoms with Crippen molar-refractivity contribution in [3.8, 4) is 5.75 Å². The normalized spacial score (nSPS) is 10.7. The molecule has 1 heterocycles. The van der Waals surface area contributed by atoms with E-state index in [4.69, 9.17) is 0 Å². The van der Waals surface area contributed by atoms with Crippen molar-refractivity contribution in [2.24, 2.45) is 0 Å². The number of carbonyl (C=O) groups excluding carboxylic acids is 1. The molecule has 1 aromatic heterocycles. The first-order valence-corrected chi connectivity index (χ1v) is 7.13. The fourth-order valence-electron chi connectivity index (χ4n) is 2.41. The maximum atomic E-state index is 12.8. The van der Waals surface area contributed by atoms with E-state index in [-0.39, 0.29) is 11.7 Å². The van der Waals surface area contributed by atoms with Crippen molar-refractivity contribution in [3.05, 3.63) is 41.2 Å². The van der Waals surface area contributed by atoms with Crippen molar-refractivity contribution in [2.45, 2.75) is 34.2 Å². The molecule has 1 amide bonds. The lowest BCUT2D eigenvalue weighted by molar-refractivity contribution is 0.0978. The van der Waals surface area contributed by atoms with E-state index in [1.165, 1.54) is 0 Å². The molecule has 0 aliphatic rings. The average molecular weight is 287 g/mol. The van der Waals surface area contributed by atoms with Crippen molar-refractivity contribution >= 4 is 11.6 Å². The van der Waals surface area contributed by atoms with Gasteiger partial charge in [-0.1, -0.05) is 6.07 Å². The number of aryl methyl sites for hydroxylation is 3. The van der Waals surface area contributed by atoms with Crippen LogP contribution in [0, 0.1) is 13.8 Å². The number of benzene rings is 1. The molecule has 0 unspecified atom stereocenters. The monoisotopic (exact) mass is 287 g/mol. The number of aromatic hydroxyl groups is 1. The van der Waals surface area contributed by atoms with Crippen LogP contribution in [-0.2, 0) is 6.54 Å². The molecular weight excluding hydrogens is 266 g/mol. The van der Waals surface area contributed by atoms with Crippen LogP contribution in [0.15, 0.2) is 24.3 Å². The number of amides is 1. The van der Waals surface area contributed by atoms with E-state index >= 15 is 0 Å². The lowest BCUT2D eigenvalue weighted by Gasteiger charge is -2.23. The summed E-state index contributed by atoms with van der Waals surface area (Å²) in [6.45, 7) is 8.84. The summed E-state index contributed by atoms with van der Waals surface area (Å²) in [5, 5.41) is 14.0. The van der Waals surface area contributed by atoms with E-state index < -0.39 is 0 Å². The van der Waals surface area contributed by atoms with Crippen LogP contribution >= 0.6 is 0 Å². The number of nitrogens with zero attached hydrogens (tertiary/aromatic N) is 3. The number of hydrogen-bond acceptors (Lipinski definition) is 3. The highest BCUT2D eigenvalue weighted by Gasteiger charge is 2.22. The molecule has 1 N–H and O–H groups in total. The van der Waals surface area contributed by atoms with Gasteiger partial charge in [-0.15, -0.1) is 0 Å². The van der Waals surface area contributed by atoms with Gasteiger partial charge in [0.2, 0.25) is 0 Å². The SMILES string of the molecule is CCN(C(=O)c1cc(C)nn1CC)c1cc(O)ccc1C. The summed E-state index contributed by atoms with van der Waals surface area (Å²) in [5.41, 5.74) is 3.06. The number of carbonyl (C=O) groups is 1. The average Bonchev–Trinajstić information content (AvgIpc) is 2.84. The molecule has 112 valence electrons. The van der Waals surface area contributed by atoms with Crippen LogP contribution in [0.25, 0.3) is 0 Å². The molecule has 21 heavy (non-hydrogen) atoms. The molecule has 0 spiro atoms. The second-order valence-electron chi connectivity index (χ2n) is 5.01. The van der Waals surface area contributed by atoms with Gasteiger partial charge in [-0.2, -0.15) is 5.10 Å². The number of rotatable bonds is 4. The number of anilines is 1. The molecule has 2 aromatic rings. The molecule has 0 aliphatic heterocycles. The van der Waals surface area contributed by atoms with Gasteiger partial charge in [0.25, 0.3) is 5.91 Å². The molecule has 5 heteroatoms. The first-order valence-electron chi connectivity index (χ1n) is 7.13. The highest BCUT2D eigenvalue weighted by Crippen LogP contribution is 2.26. The topological polar surface area (TPSA) is 58.4 Å². The Bertz CT molecular complexity index is 662. The molecule has 1 aromatic carbocycles. The predicted octanol–water partition coefficient (Wildman–Crippen LogP) is 2.89. The minimum atomic E-state index is -0.103. The van der Waals surface area contributed by atoms with Gasteiger partial charge in [0, 0.05) is 19.2 Å². The van der Waals surface area contributed by atoms with Crippen molar-refractivity contribution in [2.75, 3.05) is 11.4 Å². The van der Waals surface area contributed by atoms with Gasteiger partial charge >= 0.3 is 0 Å². The summed E-state index contributed by atoms with van der Waals surface area (Å²) >= 11 is 0. The highest BCUT2D eigenvalue weighted by atomic mass is 16.3. The lowest BCUT2D eigenvalue weighted by Crippen LogP contribution is -2.33. The number of phenolic OH excluding ortho intramolecular Hbond substituents is 1. The largest absolute Gasteiger partial charge is 0.508 e. The highest BCUT2D eigenvalue weighted by molar-refractivity contribution is 6.05. The first-order chi connectivity index (χ1) is 9.97. The van der Waals surface area contributed by atoms with Crippen molar-refractivity contribution < 1.29 is 9.90 Å². The van der Waals surface area contributed by atoms with Gasteiger partial charge in [-0.25, -0.2) is 0 Å². The molecule has 0 fully saturated rings. The Morgan fingerprint density at radius 1 is 1.29 bits per heavy atom. The molecule has 0 aliphatic carbocycles. The fourth-order valence-corrected chi connectivity index (χ4v) is 2.41.